The molecule has 2 aromatic heterocycles. The lowest BCUT2D eigenvalue weighted by Crippen LogP contribution is -2.37. The minimum Gasteiger partial charge on any atom is -0.436 e. The van der Waals surface area contributed by atoms with Gasteiger partial charge in [0.1, 0.15) is 17.3 Å². The molecule has 1 aromatic carbocycles. The number of aromatic nitrogens is 3. The number of nitrogens with zero attached hydrogens (tertiary/aromatic N) is 3. The van der Waals surface area contributed by atoms with Crippen molar-refractivity contribution in [2.24, 2.45) is 0 Å². The number of amides is 3. The van der Waals surface area contributed by atoms with Gasteiger partial charge < -0.3 is 29.8 Å². The van der Waals surface area contributed by atoms with Crippen LogP contribution in [0.3, 0.4) is 0 Å². The second-order valence-electron chi connectivity index (χ2n) is 9.46. The lowest BCUT2D eigenvalue weighted by molar-refractivity contribution is -0.134. The highest BCUT2D eigenvalue weighted by molar-refractivity contribution is 5.95. The third-order valence-electron chi connectivity index (χ3n) is 5.97. The number of imidazole rings is 1. The lowest BCUT2D eigenvalue weighted by atomic mass is 10.1. The smallest absolute Gasteiger partial charge is 0.410 e. The summed E-state index contributed by atoms with van der Waals surface area (Å²) in [6.07, 6.45) is -3.71. The summed E-state index contributed by atoms with van der Waals surface area (Å²) in [6, 6.07) is 4.91. The quantitative estimate of drug-likeness (QED) is 0.230. The first-order chi connectivity index (χ1) is 19.8. The van der Waals surface area contributed by atoms with Crippen LogP contribution in [-0.2, 0) is 27.3 Å². The average molecular weight is 595 g/mol. The standard InChI is InChI=1S/C27H30F4N6O5/c1-32-22(38)9-5-4-8-20(42-26(41)36(2)3)24(39)34-18-7-6-12-37(25(18)40)15-21-33-19-14-17(28)13-16(23(19)35-21)10-11-27(29,30)31/h5-7,9,12-14,20H,4,8,10-11,15H2,1-3H3,(H,32,38)(H,33,35)(H,34,39). The van der Waals surface area contributed by atoms with Gasteiger partial charge in [0.25, 0.3) is 11.5 Å². The number of aryl methyl sites for hydroxylation is 1. The first-order valence-electron chi connectivity index (χ1n) is 12.8. The van der Waals surface area contributed by atoms with Crippen LogP contribution in [0.1, 0.15) is 30.7 Å². The largest absolute Gasteiger partial charge is 0.436 e. The fourth-order valence-corrected chi connectivity index (χ4v) is 3.87. The zero-order valence-electron chi connectivity index (χ0n) is 23.0. The number of anilines is 1. The first kappa shape index (κ1) is 31.8. The van der Waals surface area contributed by atoms with Crippen LogP contribution in [-0.4, -0.2) is 70.8 Å². The Labute approximate surface area is 237 Å². The fraction of sp³-hybridized carbons (Fsp3) is 0.370. The van der Waals surface area contributed by atoms with Crippen molar-refractivity contribution in [3.8, 4) is 0 Å². The number of ether oxygens (including phenoxy) is 1. The summed E-state index contributed by atoms with van der Waals surface area (Å²) in [4.78, 5) is 57.9. The van der Waals surface area contributed by atoms with Gasteiger partial charge in [0, 0.05) is 33.8 Å². The van der Waals surface area contributed by atoms with E-state index in [2.05, 4.69) is 20.6 Å². The molecule has 0 saturated carbocycles. The van der Waals surface area contributed by atoms with Gasteiger partial charge in [-0.1, -0.05) is 6.08 Å². The van der Waals surface area contributed by atoms with E-state index < -0.39 is 48.5 Å². The van der Waals surface area contributed by atoms with Gasteiger partial charge in [0.05, 0.1) is 17.6 Å². The number of pyridine rings is 1. The molecule has 11 nitrogen and oxygen atoms in total. The minimum atomic E-state index is -4.43. The molecule has 3 aromatic rings. The zero-order valence-corrected chi connectivity index (χ0v) is 23.0. The van der Waals surface area contributed by atoms with Crippen molar-refractivity contribution in [1.29, 1.82) is 0 Å². The van der Waals surface area contributed by atoms with Gasteiger partial charge in [0.2, 0.25) is 5.91 Å². The van der Waals surface area contributed by atoms with Crippen molar-refractivity contribution >= 4 is 34.6 Å². The number of hydrogen-bond donors (Lipinski definition) is 3. The van der Waals surface area contributed by atoms with E-state index >= 15 is 0 Å². The molecule has 3 amide bonds. The summed E-state index contributed by atoms with van der Waals surface area (Å²) in [5.41, 5.74) is -0.379. The number of carbonyl (C=O) groups is 3. The maximum Gasteiger partial charge on any atom is 0.410 e. The van der Waals surface area contributed by atoms with Crippen molar-refractivity contribution < 1.29 is 36.7 Å². The predicted molar refractivity (Wildman–Crippen MR) is 145 cm³/mol. The van der Waals surface area contributed by atoms with Crippen LogP contribution in [0.5, 0.6) is 0 Å². The number of carbonyl (C=O) groups excluding carboxylic acids is 3. The van der Waals surface area contributed by atoms with Crippen LogP contribution in [0, 0.1) is 5.82 Å². The molecule has 2 heterocycles. The summed E-state index contributed by atoms with van der Waals surface area (Å²) in [5, 5.41) is 4.87. The highest BCUT2D eigenvalue weighted by atomic mass is 19.4. The van der Waals surface area contributed by atoms with Gasteiger partial charge in [-0.05, 0) is 55.2 Å². The van der Waals surface area contributed by atoms with Crippen molar-refractivity contribution in [2.45, 2.75) is 44.5 Å². The van der Waals surface area contributed by atoms with E-state index in [1.807, 2.05) is 0 Å². The molecule has 0 saturated heterocycles. The number of allylic oxidation sites excluding steroid dienone is 1. The third-order valence-corrected chi connectivity index (χ3v) is 5.97. The SMILES string of the molecule is CNC(=O)C=CCCC(OC(=O)N(C)C)C(=O)Nc1cccn(Cc2nc3c(CCC(F)(F)F)cc(F)cc3[nH]2)c1=O. The minimum absolute atomic E-state index is 0.0200. The molecule has 0 aliphatic carbocycles. The number of aromatic amines is 1. The lowest BCUT2D eigenvalue weighted by Gasteiger charge is -2.19. The topological polar surface area (TPSA) is 138 Å². The predicted octanol–water partition coefficient (Wildman–Crippen LogP) is 3.49. The molecule has 0 aliphatic rings. The molecule has 3 N–H and O–H groups in total. The van der Waals surface area contributed by atoms with E-state index in [-0.39, 0.29) is 53.4 Å². The molecule has 42 heavy (non-hydrogen) atoms. The number of likely N-dealkylation sites (N-methyl/N-ethyl adjacent to an activating group) is 1. The van der Waals surface area contributed by atoms with E-state index in [4.69, 9.17) is 4.74 Å². The molecule has 0 aliphatic heterocycles. The maximum absolute atomic E-state index is 14.0. The Kier molecular flexibility index (Phi) is 10.4. The molecule has 1 atom stereocenters. The summed E-state index contributed by atoms with van der Waals surface area (Å²) >= 11 is 0. The zero-order chi connectivity index (χ0) is 31.0. The van der Waals surface area contributed by atoms with Crippen LogP contribution in [0.15, 0.2) is 47.4 Å². The van der Waals surface area contributed by atoms with Gasteiger partial charge in [-0.3, -0.25) is 14.4 Å². The Morgan fingerprint density at radius 1 is 1.24 bits per heavy atom. The molecule has 0 bridgehead atoms. The van der Waals surface area contributed by atoms with E-state index in [0.29, 0.717) is 0 Å². The number of benzene rings is 1. The number of rotatable bonds is 11. The molecule has 0 radical (unpaired) electrons. The van der Waals surface area contributed by atoms with Crippen LogP contribution in [0.2, 0.25) is 0 Å². The van der Waals surface area contributed by atoms with Crippen molar-refractivity contribution in [3.63, 3.8) is 0 Å². The Bertz CT molecular complexity index is 1530. The van der Waals surface area contributed by atoms with Gasteiger partial charge in [-0.2, -0.15) is 13.2 Å². The fourth-order valence-electron chi connectivity index (χ4n) is 3.87. The van der Waals surface area contributed by atoms with E-state index in [9.17, 15) is 36.7 Å². The van der Waals surface area contributed by atoms with Gasteiger partial charge in [-0.25, -0.2) is 14.2 Å². The van der Waals surface area contributed by atoms with Crippen LogP contribution >= 0.6 is 0 Å². The highest BCUT2D eigenvalue weighted by Crippen LogP contribution is 2.26. The second kappa shape index (κ2) is 13.8. The van der Waals surface area contributed by atoms with Crippen LogP contribution in [0.4, 0.5) is 28.0 Å². The average Bonchev–Trinajstić information content (AvgIpc) is 3.32. The van der Waals surface area contributed by atoms with Crippen molar-refractivity contribution in [2.75, 3.05) is 26.5 Å². The normalized spacial score (nSPS) is 12.4. The third kappa shape index (κ3) is 8.91. The highest BCUT2D eigenvalue weighted by Gasteiger charge is 2.27. The maximum atomic E-state index is 14.0. The van der Waals surface area contributed by atoms with Gasteiger partial charge >= 0.3 is 12.3 Å². The van der Waals surface area contributed by atoms with E-state index in [1.165, 1.54) is 56.2 Å². The van der Waals surface area contributed by atoms with E-state index in [1.54, 1.807) is 0 Å². The Morgan fingerprint density at radius 3 is 2.64 bits per heavy atom. The molecule has 0 fully saturated rings. The van der Waals surface area contributed by atoms with Crippen LogP contribution < -0.4 is 16.2 Å². The van der Waals surface area contributed by atoms with Gasteiger partial charge in [0.15, 0.2) is 6.10 Å². The van der Waals surface area contributed by atoms with Gasteiger partial charge in [-0.15, -0.1) is 0 Å². The Morgan fingerprint density at radius 2 is 1.98 bits per heavy atom. The molecular formula is C27H30F4N6O5. The number of nitrogens with one attached hydrogen (secondary N) is 3. The number of fused-ring (bicyclic) bond motifs is 1. The molecule has 15 heteroatoms. The molecule has 0 spiro atoms. The van der Waals surface area contributed by atoms with Crippen molar-refractivity contribution in [3.05, 3.63) is 70.2 Å². The number of halogens is 4. The van der Waals surface area contributed by atoms with Crippen molar-refractivity contribution in [1.82, 2.24) is 24.8 Å². The Balaban J connectivity index is 1.80. The summed E-state index contributed by atoms with van der Waals surface area (Å²) < 4.78 is 58.7. The molecular weight excluding hydrogens is 564 g/mol. The first-order valence-corrected chi connectivity index (χ1v) is 12.8. The Hall–Kier alpha value is -4.69. The molecule has 1 unspecified atom stereocenters. The molecule has 3 rings (SSSR count). The number of alkyl halides is 3. The monoisotopic (exact) mass is 594 g/mol. The summed E-state index contributed by atoms with van der Waals surface area (Å²) in [6.45, 7) is -0.166. The number of H-pyrrole nitrogens is 1. The summed E-state index contributed by atoms with van der Waals surface area (Å²) in [7, 11) is 4.33. The molecule has 226 valence electrons. The summed E-state index contributed by atoms with van der Waals surface area (Å²) in [5.74, 6) is -1.68. The van der Waals surface area contributed by atoms with Crippen LogP contribution in [0.25, 0.3) is 11.0 Å². The number of hydrogen-bond acceptors (Lipinski definition) is 6. The second-order valence-corrected chi connectivity index (χ2v) is 9.46. The van der Waals surface area contributed by atoms with E-state index in [0.717, 1.165) is 17.0 Å².